The normalized spacial score (nSPS) is 12.2. The summed E-state index contributed by atoms with van der Waals surface area (Å²) in [7, 11) is 0. The summed E-state index contributed by atoms with van der Waals surface area (Å²) in [6.07, 6.45) is -0.372. The highest BCUT2D eigenvalue weighted by atomic mass is 35.5. The van der Waals surface area contributed by atoms with Gasteiger partial charge in [-0.15, -0.1) is 0 Å². The summed E-state index contributed by atoms with van der Waals surface area (Å²) >= 11 is 11.8. The molecule has 0 saturated heterocycles. The standard InChI is InChI=1S/C17H14Cl2N2O2/c1-10-9-14(19)7-8-15(10)22-11(2)17-20-16(21-23-17)12-3-5-13(18)6-4-12/h3-9,11H,1-2H3. The fourth-order valence-electron chi connectivity index (χ4n) is 2.10. The van der Waals surface area contributed by atoms with Gasteiger partial charge in [-0.05, 0) is 61.9 Å². The molecule has 1 heterocycles. The summed E-state index contributed by atoms with van der Waals surface area (Å²) in [5, 5.41) is 5.32. The molecule has 0 amide bonds. The number of hydrogen-bond donors (Lipinski definition) is 0. The largest absolute Gasteiger partial charge is 0.481 e. The predicted octanol–water partition coefficient (Wildman–Crippen LogP) is 5.49. The minimum absolute atomic E-state index is 0.372. The molecule has 0 fully saturated rings. The Morgan fingerprint density at radius 3 is 2.43 bits per heavy atom. The molecule has 0 radical (unpaired) electrons. The van der Waals surface area contributed by atoms with Crippen molar-refractivity contribution in [3.05, 3.63) is 64.0 Å². The highest BCUT2D eigenvalue weighted by Gasteiger charge is 2.17. The molecule has 23 heavy (non-hydrogen) atoms. The fourth-order valence-corrected chi connectivity index (χ4v) is 2.46. The number of aryl methyl sites for hydroxylation is 1. The Hall–Kier alpha value is -2.04. The maximum atomic E-state index is 5.95. The molecule has 1 atom stereocenters. The summed E-state index contributed by atoms with van der Waals surface area (Å²) < 4.78 is 11.2. The molecule has 6 heteroatoms. The maximum absolute atomic E-state index is 5.95. The molecule has 118 valence electrons. The molecule has 4 nitrogen and oxygen atoms in total. The molecule has 3 aromatic rings. The number of rotatable bonds is 4. The van der Waals surface area contributed by atoms with E-state index in [9.17, 15) is 0 Å². The summed E-state index contributed by atoms with van der Waals surface area (Å²) in [4.78, 5) is 4.38. The molecule has 0 bridgehead atoms. The SMILES string of the molecule is Cc1cc(Cl)ccc1OC(C)c1nc(-c2ccc(Cl)cc2)no1. The van der Waals surface area contributed by atoms with Crippen LogP contribution in [0.3, 0.4) is 0 Å². The van der Waals surface area contributed by atoms with Crippen LogP contribution in [0.1, 0.15) is 24.5 Å². The van der Waals surface area contributed by atoms with Gasteiger partial charge in [-0.2, -0.15) is 4.98 Å². The lowest BCUT2D eigenvalue weighted by Crippen LogP contribution is -2.04. The molecule has 1 unspecified atom stereocenters. The van der Waals surface area contributed by atoms with Gasteiger partial charge in [0.25, 0.3) is 5.89 Å². The highest BCUT2D eigenvalue weighted by Crippen LogP contribution is 2.27. The average Bonchev–Trinajstić information content (AvgIpc) is 3.01. The summed E-state index contributed by atoms with van der Waals surface area (Å²) in [5.41, 5.74) is 1.78. The molecule has 2 aromatic carbocycles. The Labute approximate surface area is 144 Å². The first-order valence-corrected chi connectivity index (χ1v) is 7.81. The van der Waals surface area contributed by atoms with Crippen LogP contribution in [0, 0.1) is 6.92 Å². The zero-order valence-corrected chi connectivity index (χ0v) is 14.1. The van der Waals surface area contributed by atoms with Crippen molar-refractivity contribution < 1.29 is 9.26 Å². The van der Waals surface area contributed by atoms with E-state index in [0.717, 1.165) is 16.9 Å². The monoisotopic (exact) mass is 348 g/mol. The van der Waals surface area contributed by atoms with Crippen LogP contribution in [0.4, 0.5) is 0 Å². The van der Waals surface area contributed by atoms with E-state index in [0.29, 0.717) is 21.8 Å². The third-order valence-corrected chi connectivity index (χ3v) is 3.82. The molecule has 0 aliphatic rings. The van der Waals surface area contributed by atoms with E-state index in [2.05, 4.69) is 10.1 Å². The van der Waals surface area contributed by atoms with Crippen LogP contribution in [0.15, 0.2) is 47.0 Å². The zero-order valence-electron chi connectivity index (χ0n) is 12.6. The first-order valence-electron chi connectivity index (χ1n) is 7.05. The van der Waals surface area contributed by atoms with Crippen molar-refractivity contribution in [2.24, 2.45) is 0 Å². The quantitative estimate of drug-likeness (QED) is 0.625. The van der Waals surface area contributed by atoms with Crippen molar-refractivity contribution in [2.75, 3.05) is 0 Å². The third kappa shape index (κ3) is 3.66. The Morgan fingerprint density at radius 2 is 1.74 bits per heavy atom. The van der Waals surface area contributed by atoms with Gasteiger partial charge < -0.3 is 9.26 Å². The van der Waals surface area contributed by atoms with Crippen molar-refractivity contribution in [2.45, 2.75) is 20.0 Å². The van der Waals surface area contributed by atoms with Crippen LogP contribution in [0.25, 0.3) is 11.4 Å². The lowest BCUT2D eigenvalue weighted by atomic mass is 10.2. The number of hydrogen-bond acceptors (Lipinski definition) is 4. The second kappa shape index (κ2) is 6.60. The second-order valence-electron chi connectivity index (χ2n) is 5.13. The second-order valence-corrected chi connectivity index (χ2v) is 6.01. The number of aromatic nitrogens is 2. The van der Waals surface area contributed by atoms with Crippen molar-refractivity contribution in [1.29, 1.82) is 0 Å². The molecule has 0 aliphatic heterocycles. The number of benzene rings is 2. The lowest BCUT2D eigenvalue weighted by molar-refractivity contribution is 0.175. The zero-order chi connectivity index (χ0) is 16.4. The summed E-state index contributed by atoms with van der Waals surface area (Å²) in [5.74, 6) is 1.64. The van der Waals surface area contributed by atoms with Crippen LogP contribution in [0.5, 0.6) is 5.75 Å². The van der Waals surface area contributed by atoms with Gasteiger partial charge in [0.15, 0.2) is 6.10 Å². The van der Waals surface area contributed by atoms with Gasteiger partial charge in [0.2, 0.25) is 5.82 Å². The van der Waals surface area contributed by atoms with Crippen molar-refractivity contribution >= 4 is 23.2 Å². The molecule has 3 rings (SSSR count). The summed E-state index contributed by atoms with van der Waals surface area (Å²) in [6, 6.07) is 12.7. The third-order valence-electron chi connectivity index (χ3n) is 3.33. The van der Waals surface area contributed by atoms with E-state index in [1.807, 2.05) is 38.1 Å². The number of nitrogens with zero attached hydrogens (tertiary/aromatic N) is 2. The van der Waals surface area contributed by atoms with E-state index in [-0.39, 0.29) is 6.10 Å². The highest BCUT2D eigenvalue weighted by molar-refractivity contribution is 6.30. The number of halogens is 2. The minimum Gasteiger partial charge on any atom is -0.481 e. The predicted molar refractivity (Wildman–Crippen MR) is 90.0 cm³/mol. The van der Waals surface area contributed by atoms with Gasteiger partial charge in [0.05, 0.1) is 0 Å². The Morgan fingerprint density at radius 1 is 1.04 bits per heavy atom. The molecule has 1 aromatic heterocycles. The molecular weight excluding hydrogens is 335 g/mol. The van der Waals surface area contributed by atoms with Gasteiger partial charge in [0, 0.05) is 15.6 Å². The summed E-state index contributed by atoms with van der Waals surface area (Å²) in [6.45, 7) is 3.79. The van der Waals surface area contributed by atoms with Crippen molar-refractivity contribution in [1.82, 2.24) is 10.1 Å². The van der Waals surface area contributed by atoms with E-state index in [4.69, 9.17) is 32.5 Å². The van der Waals surface area contributed by atoms with Gasteiger partial charge in [-0.3, -0.25) is 0 Å². The van der Waals surface area contributed by atoms with Crippen LogP contribution in [0.2, 0.25) is 10.0 Å². The molecule has 0 N–H and O–H groups in total. The van der Waals surface area contributed by atoms with E-state index in [1.54, 1.807) is 18.2 Å². The fraction of sp³-hybridized carbons (Fsp3) is 0.176. The van der Waals surface area contributed by atoms with Crippen LogP contribution in [-0.2, 0) is 0 Å². The first kappa shape index (κ1) is 15.8. The van der Waals surface area contributed by atoms with Gasteiger partial charge >= 0.3 is 0 Å². The first-order chi connectivity index (χ1) is 11.0. The Balaban J connectivity index is 1.78. The Kier molecular flexibility index (Phi) is 4.55. The van der Waals surface area contributed by atoms with Crippen molar-refractivity contribution in [3.63, 3.8) is 0 Å². The molecule has 0 saturated carbocycles. The van der Waals surface area contributed by atoms with E-state index < -0.39 is 0 Å². The van der Waals surface area contributed by atoms with E-state index in [1.165, 1.54) is 0 Å². The minimum atomic E-state index is -0.372. The topological polar surface area (TPSA) is 48.2 Å². The smallest absolute Gasteiger partial charge is 0.267 e. The van der Waals surface area contributed by atoms with Crippen LogP contribution < -0.4 is 4.74 Å². The van der Waals surface area contributed by atoms with Crippen LogP contribution in [-0.4, -0.2) is 10.1 Å². The van der Waals surface area contributed by atoms with Crippen molar-refractivity contribution in [3.8, 4) is 17.1 Å². The van der Waals surface area contributed by atoms with Gasteiger partial charge in [0.1, 0.15) is 5.75 Å². The van der Waals surface area contributed by atoms with Crippen LogP contribution >= 0.6 is 23.2 Å². The number of ether oxygens (including phenoxy) is 1. The molecular formula is C17H14Cl2N2O2. The average molecular weight is 349 g/mol. The van der Waals surface area contributed by atoms with Gasteiger partial charge in [-0.1, -0.05) is 28.4 Å². The molecule has 0 aliphatic carbocycles. The Bertz CT molecular complexity index is 816. The lowest BCUT2D eigenvalue weighted by Gasteiger charge is -2.13. The maximum Gasteiger partial charge on any atom is 0.267 e. The van der Waals surface area contributed by atoms with Gasteiger partial charge in [-0.25, -0.2) is 0 Å². The molecule has 0 spiro atoms. The van der Waals surface area contributed by atoms with E-state index >= 15 is 0 Å².